The minimum Gasteiger partial charge on any atom is -0.379 e. The van der Waals surface area contributed by atoms with Crippen LogP contribution in [0, 0.1) is 5.92 Å². The van der Waals surface area contributed by atoms with Crippen LogP contribution in [-0.4, -0.2) is 56.6 Å². The molecule has 1 fully saturated rings. The summed E-state index contributed by atoms with van der Waals surface area (Å²) < 4.78 is 10.8. The second-order valence-corrected chi connectivity index (χ2v) is 11.7. The average Bonchev–Trinajstić information content (AvgIpc) is 2.96. The van der Waals surface area contributed by atoms with Crippen LogP contribution in [0.3, 0.4) is 0 Å². The van der Waals surface area contributed by atoms with Crippen molar-refractivity contribution in [2.45, 2.75) is 155 Å². The summed E-state index contributed by atoms with van der Waals surface area (Å²) in [4.78, 5) is 35.6. The van der Waals surface area contributed by atoms with Crippen LogP contribution in [0.25, 0.3) is 0 Å². The van der Waals surface area contributed by atoms with Crippen molar-refractivity contribution in [2.24, 2.45) is 5.92 Å². The highest BCUT2D eigenvalue weighted by Gasteiger charge is 2.22. The van der Waals surface area contributed by atoms with Gasteiger partial charge in [0.1, 0.15) is 5.78 Å². The van der Waals surface area contributed by atoms with Crippen LogP contribution in [0.15, 0.2) is 0 Å². The molecule has 1 rings (SSSR count). The fourth-order valence-electron chi connectivity index (χ4n) is 5.31. The van der Waals surface area contributed by atoms with Crippen LogP contribution < -0.4 is 10.6 Å². The van der Waals surface area contributed by atoms with Crippen molar-refractivity contribution in [2.75, 3.05) is 33.0 Å². The Balaban J connectivity index is 1.89. The molecule has 7 nitrogen and oxygen atoms in total. The Labute approximate surface area is 245 Å². The summed E-state index contributed by atoms with van der Waals surface area (Å²) >= 11 is 0. The van der Waals surface area contributed by atoms with Crippen LogP contribution in [0.1, 0.15) is 149 Å². The summed E-state index contributed by atoms with van der Waals surface area (Å²) in [7, 11) is 0. The molecule has 0 aromatic carbocycles. The van der Waals surface area contributed by atoms with Crippen LogP contribution in [-0.2, 0) is 23.9 Å². The molecule has 0 radical (unpaired) electrons. The zero-order valence-electron chi connectivity index (χ0n) is 26.1. The molecule has 2 amide bonds. The maximum absolute atomic E-state index is 12.3. The monoisotopic (exact) mass is 566 g/mol. The topological polar surface area (TPSA) is 93.7 Å². The number of carbonyl (C=O) groups excluding carboxylic acids is 3. The van der Waals surface area contributed by atoms with Crippen LogP contribution in [0.4, 0.5) is 0 Å². The van der Waals surface area contributed by atoms with Gasteiger partial charge in [0.2, 0.25) is 11.8 Å². The molecule has 0 spiro atoms. The Morgan fingerprint density at radius 2 is 1.12 bits per heavy atom. The van der Waals surface area contributed by atoms with E-state index in [4.69, 9.17) is 9.47 Å². The second kappa shape index (κ2) is 26.4. The van der Waals surface area contributed by atoms with Crippen molar-refractivity contribution in [3.8, 4) is 0 Å². The SMILES string of the molecule is CCCCCCCCCCCCCCCC(=O)NC1CCC(CNC(=O)CCOCCOCCC(=O)CC)CC1. The maximum atomic E-state index is 12.3. The standard InChI is InChI=1S/C33H62N2O5/c1-3-5-6-7-8-9-10-11-12-13-14-15-16-17-33(38)35-30-20-18-29(19-21-30)28-34-32(37)23-25-40-27-26-39-24-22-31(36)4-2/h29-30H,3-28H2,1-2H3,(H,34,37)(H,35,38). The third-order valence-corrected chi connectivity index (χ3v) is 8.07. The summed E-state index contributed by atoms with van der Waals surface area (Å²) in [5, 5.41) is 6.27. The molecular formula is C33H62N2O5. The smallest absolute Gasteiger partial charge is 0.222 e. The largest absolute Gasteiger partial charge is 0.379 e. The Morgan fingerprint density at radius 1 is 0.600 bits per heavy atom. The zero-order chi connectivity index (χ0) is 29.1. The minimum absolute atomic E-state index is 0.0164. The Hall–Kier alpha value is -1.47. The van der Waals surface area contributed by atoms with Gasteiger partial charge < -0.3 is 20.1 Å². The number of ketones is 1. The Kier molecular flexibility index (Phi) is 24.2. The van der Waals surface area contributed by atoms with Gasteiger partial charge in [0.25, 0.3) is 0 Å². The molecule has 1 aliphatic carbocycles. The molecule has 0 atom stereocenters. The van der Waals surface area contributed by atoms with Gasteiger partial charge in [-0.05, 0) is 38.0 Å². The van der Waals surface area contributed by atoms with Gasteiger partial charge in [-0.3, -0.25) is 14.4 Å². The summed E-state index contributed by atoms with van der Waals surface area (Å²) in [5.74, 6) is 0.914. The van der Waals surface area contributed by atoms with E-state index in [9.17, 15) is 14.4 Å². The normalized spacial score (nSPS) is 17.1. The number of hydrogen-bond donors (Lipinski definition) is 2. The van der Waals surface area contributed by atoms with Crippen LogP contribution in [0.2, 0.25) is 0 Å². The van der Waals surface area contributed by atoms with E-state index in [1.165, 1.54) is 70.6 Å². The first-order chi connectivity index (χ1) is 19.5. The molecule has 40 heavy (non-hydrogen) atoms. The van der Waals surface area contributed by atoms with Gasteiger partial charge >= 0.3 is 0 Å². The molecule has 1 saturated carbocycles. The lowest BCUT2D eigenvalue weighted by Crippen LogP contribution is -2.39. The number of hydrogen-bond acceptors (Lipinski definition) is 5. The van der Waals surface area contributed by atoms with Gasteiger partial charge in [0.15, 0.2) is 0 Å². The Morgan fingerprint density at radius 3 is 1.68 bits per heavy atom. The fourth-order valence-corrected chi connectivity index (χ4v) is 5.31. The fraction of sp³-hybridized carbons (Fsp3) is 0.909. The lowest BCUT2D eigenvalue weighted by atomic mass is 9.86. The van der Waals surface area contributed by atoms with Crippen molar-refractivity contribution in [3.63, 3.8) is 0 Å². The summed E-state index contributed by atoms with van der Waals surface area (Å²) in [6.45, 7) is 6.51. The van der Waals surface area contributed by atoms with Gasteiger partial charge in [-0.15, -0.1) is 0 Å². The molecule has 0 bridgehead atoms. The summed E-state index contributed by atoms with van der Waals surface area (Å²) in [6, 6.07) is 0.289. The lowest BCUT2D eigenvalue weighted by molar-refractivity contribution is -0.123. The first kappa shape index (κ1) is 36.6. The van der Waals surface area contributed by atoms with Crippen molar-refractivity contribution in [1.82, 2.24) is 10.6 Å². The Bertz CT molecular complexity index is 634. The van der Waals surface area contributed by atoms with Crippen molar-refractivity contribution in [1.29, 1.82) is 0 Å². The average molecular weight is 567 g/mol. The second-order valence-electron chi connectivity index (χ2n) is 11.7. The summed E-state index contributed by atoms with van der Waals surface area (Å²) in [6.07, 6.45) is 23.3. The predicted octanol–water partition coefficient (Wildman–Crippen LogP) is 7.05. The number of Topliss-reactive ketones (excluding diaryl/α,β-unsaturated/α-hetero) is 1. The van der Waals surface area contributed by atoms with E-state index in [1.807, 2.05) is 6.92 Å². The van der Waals surface area contributed by atoms with Crippen molar-refractivity contribution < 1.29 is 23.9 Å². The quantitative estimate of drug-likeness (QED) is 0.104. The number of rotatable bonds is 27. The molecular weight excluding hydrogens is 504 g/mol. The first-order valence-corrected chi connectivity index (χ1v) is 16.8. The maximum Gasteiger partial charge on any atom is 0.222 e. The number of carbonyl (C=O) groups is 3. The highest BCUT2D eigenvalue weighted by molar-refractivity contribution is 5.78. The first-order valence-electron chi connectivity index (χ1n) is 16.8. The van der Waals surface area contributed by atoms with Gasteiger partial charge in [-0.1, -0.05) is 90.9 Å². The van der Waals surface area contributed by atoms with Crippen molar-refractivity contribution >= 4 is 17.6 Å². The van der Waals surface area contributed by atoms with Gasteiger partial charge in [0.05, 0.1) is 26.4 Å². The molecule has 7 heteroatoms. The zero-order valence-corrected chi connectivity index (χ0v) is 26.1. The van der Waals surface area contributed by atoms with E-state index < -0.39 is 0 Å². The number of amides is 2. The van der Waals surface area contributed by atoms with Gasteiger partial charge in [-0.25, -0.2) is 0 Å². The predicted molar refractivity (Wildman–Crippen MR) is 163 cm³/mol. The van der Waals surface area contributed by atoms with Crippen LogP contribution >= 0.6 is 0 Å². The highest BCUT2D eigenvalue weighted by Crippen LogP contribution is 2.24. The number of nitrogens with one attached hydrogen (secondary N) is 2. The molecule has 0 heterocycles. The molecule has 2 N–H and O–H groups in total. The molecule has 0 aromatic rings. The van der Waals surface area contributed by atoms with E-state index >= 15 is 0 Å². The molecule has 1 aliphatic rings. The molecule has 0 unspecified atom stereocenters. The van der Waals surface area contributed by atoms with E-state index in [1.54, 1.807) is 0 Å². The van der Waals surface area contributed by atoms with Crippen LogP contribution in [0.5, 0.6) is 0 Å². The van der Waals surface area contributed by atoms with Gasteiger partial charge in [-0.2, -0.15) is 0 Å². The third-order valence-electron chi connectivity index (χ3n) is 8.07. The lowest BCUT2D eigenvalue weighted by Gasteiger charge is -2.29. The van der Waals surface area contributed by atoms with E-state index in [-0.39, 0.29) is 23.6 Å². The summed E-state index contributed by atoms with van der Waals surface area (Å²) in [5.41, 5.74) is 0. The number of ether oxygens (including phenoxy) is 2. The molecule has 0 saturated heterocycles. The molecule has 0 aromatic heterocycles. The highest BCUT2D eigenvalue weighted by atomic mass is 16.5. The molecule has 234 valence electrons. The van der Waals surface area contributed by atoms with E-state index in [2.05, 4.69) is 17.6 Å². The van der Waals surface area contributed by atoms with E-state index in [0.29, 0.717) is 64.6 Å². The molecule has 0 aliphatic heterocycles. The van der Waals surface area contributed by atoms with E-state index in [0.717, 1.165) is 38.5 Å². The van der Waals surface area contributed by atoms with Gasteiger partial charge in [0, 0.05) is 38.3 Å². The van der Waals surface area contributed by atoms with Crippen molar-refractivity contribution in [3.05, 3.63) is 0 Å². The minimum atomic E-state index is 0.0164. The number of unbranched alkanes of at least 4 members (excludes halogenated alkanes) is 12. The third kappa shape index (κ3) is 22.2.